The van der Waals surface area contributed by atoms with Crippen LogP contribution in [0.5, 0.6) is 0 Å². The molecule has 1 amide bonds. The lowest BCUT2D eigenvalue weighted by atomic mass is 9.96. The molecule has 3 atom stereocenters. The lowest BCUT2D eigenvalue weighted by Crippen LogP contribution is -2.38. The van der Waals surface area contributed by atoms with Crippen LogP contribution in [0.25, 0.3) is 11.1 Å². The monoisotopic (exact) mass is 418 g/mol. The fraction of sp³-hybridized carbons (Fsp3) is 0.381. The number of carbonyl (C=O) groups is 1. The van der Waals surface area contributed by atoms with Crippen LogP contribution < -0.4 is 4.72 Å². The molecule has 1 saturated carbocycles. The van der Waals surface area contributed by atoms with E-state index >= 15 is 0 Å². The highest BCUT2D eigenvalue weighted by Crippen LogP contribution is 2.51. The Morgan fingerprint density at radius 3 is 2.50 bits per heavy atom. The first kappa shape index (κ1) is 19.4. The Bertz CT molecular complexity index is 1010. The normalized spacial score (nSPS) is 24.4. The number of halogens is 1. The largest absolute Gasteiger partial charge is 0.341 e. The second-order valence-electron chi connectivity index (χ2n) is 7.68. The highest BCUT2D eigenvalue weighted by molar-refractivity contribution is 7.88. The van der Waals surface area contributed by atoms with E-state index in [1.54, 1.807) is 4.90 Å². The van der Waals surface area contributed by atoms with Crippen molar-refractivity contribution in [1.29, 1.82) is 0 Å². The number of nitrogens with one attached hydrogen (secondary N) is 1. The third-order valence-corrected chi connectivity index (χ3v) is 6.60. The standard InChI is InChI=1S/C21H23ClN2O3S/c1-28(26,27)23-14-10-11-24(13-14)21(25)19-12-18(19)16-7-3-2-6-15(16)17-8-4-5-9-20(17)22/h2-9,14,18-19,23H,10-13H2,1H3/t14-,18-,19+/m0/s1. The van der Waals surface area contributed by atoms with Crippen LogP contribution in [0, 0.1) is 5.92 Å². The zero-order valence-corrected chi connectivity index (χ0v) is 17.2. The average Bonchev–Trinajstić information content (AvgIpc) is 3.32. The second-order valence-corrected chi connectivity index (χ2v) is 9.86. The van der Waals surface area contributed by atoms with E-state index < -0.39 is 10.0 Å². The minimum atomic E-state index is -3.26. The van der Waals surface area contributed by atoms with Crippen LogP contribution in [-0.4, -0.2) is 44.6 Å². The van der Waals surface area contributed by atoms with E-state index in [4.69, 9.17) is 11.6 Å². The van der Waals surface area contributed by atoms with Gasteiger partial charge in [-0.15, -0.1) is 0 Å². The van der Waals surface area contributed by atoms with Crippen LogP contribution in [0.4, 0.5) is 0 Å². The molecule has 1 saturated heterocycles. The van der Waals surface area contributed by atoms with Gasteiger partial charge in [0.15, 0.2) is 0 Å². The number of sulfonamides is 1. The number of nitrogens with zero attached hydrogens (tertiary/aromatic N) is 1. The van der Waals surface area contributed by atoms with E-state index in [2.05, 4.69) is 16.9 Å². The molecule has 1 N–H and O–H groups in total. The molecule has 0 aromatic heterocycles. The van der Waals surface area contributed by atoms with Crippen LogP contribution in [0.1, 0.15) is 24.3 Å². The van der Waals surface area contributed by atoms with Crippen molar-refractivity contribution >= 4 is 27.5 Å². The van der Waals surface area contributed by atoms with Gasteiger partial charge in [0.2, 0.25) is 15.9 Å². The van der Waals surface area contributed by atoms with Gasteiger partial charge in [0.05, 0.1) is 6.26 Å². The molecule has 0 unspecified atom stereocenters. The first-order valence-corrected chi connectivity index (χ1v) is 11.7. The summed E-state index contributed by atoms with van der Waals surface area (Å²) in [5, 5.41) is 0.702. The molecule has 148 valence electrons. The molecule has 2 fully saturated rings. The first-order chi connectivity index (χ1) is 13.3. The van der Waals surface area contributed by atoms with Gasteiger partial charge in [-0.1, -0.05) is 54.1 Å². The van der Waals surface area contributed by atoms with Crippen molar-refractivity contribution < 1.29 is 13.2 Å². The number of likely N-dealkylation sites (tertiary alicyclic amines) is 1. The van der Waals surface area contributed by atoms with Gasteiger partial charge in [0.25, 0.3) is 0 Å². The summed E-state index contributed by atoms with van der Waals surface area (Å²) in [6.07, 6.45) is 2.63. The number of benzene rings is 2. The summed E-state index contributed by atoms with van der Waals surface area (Å²) in [6.45, 7) is 1.04. The summed E-state index contributed by atoms with van der Waals surface area (Å²) < 4.78 is 25.4. The zero-order chi connectivity index (χ0) is 19.9. The Balaban J connectivity index is 1.48. The Morgan fingerprint density at radius 1 is 1.11 bits per heavy atom. The molecule has 4 rings (SSSR count). The van der Waals surface area contributed by atoms with Crippen molar-refractivity contribution in [2.24, 2.45) is 5.92 Å². The van der Waals surface area contributed by atoms with Crippen LogP contribution in [0.2, 0.25) is 5.02 Å². The topological polar surface area (TPSA) is 66.5 Å². The Kier molecular flexibility index (Phi) is 5.21. The van der Waals surface area contributed by atoms with Crippen LogP contribution in [-0.2, 0) is 14.8 Å². The Morgan fingerprint density at radius 2 is 1.79 bits per heavy atom. The maximum absolute atomic E-state index is 12.9. The number of hydrogen-bond acceptors (Lipinski definition) is 3. The highest BCUT2D eigenvalue weighted by Gasteiger charge is 2.47. The molecule has 1 aliphatic carbocycles. The molecule has 0 radical (unpaired) electrons. The van der Waals surface area contributed by atoms with E-state index in [0.29, 0.717) is 24.5 Å². The fourth-order valence-corrected chi connectivity index (χ4v) is 5.19. The molecular weight excluding hydrogens is 396 g/mol. The van der Waals surface area contributed by atoms with Gasteiger partial charge in [0.1, 0.15) is 0 Å². The van der Waals surface area contributed by atoms with Gasteiger partial charge in [-0.25, -0.2) is 13.1 Å². The molecule has 2 aromatic rings. The Labute approximate surface area is 170 Å². The maximum Gasteiger partial charge on any atom is 0.226 e. The van der Waals surface area contributed by atoms with Crippen molar-refractivity contribution in [3.63, 3.8) is 0 Å². The summed E-state index contributed by atoms with van der Waals surface area (Å²) >= 11 is 6.40. The lowest BCUT2D eigenvalue weighted by Gasteiger charge is -2.17. The molecule has 1 aliphatic heterocycles. The van der Waals surface area contributed by atoms with E-state index in [9.17, 15) is 13.2 Å². The summed E-state index contributed by atoms with van der Waals surface area (Å²) in [4.78, 5) is 14.7. The second kappa shape index (κ2) is 7.50. The third kappa shape index (κ3) is 4.09. The van der Waals surface area contributed by atoms with Crippen molar-refractivity contribution in [3.8, 4) is 11.1 Å². The van der Waals surface area contributed by atoms with E-state index in [0.717, 1.165) is 29.4 Å². The summed E-state index contributed by atoms with van der Waals surface area (Å²) in [7, 11) is -3.26. The van der Waals surface area contributed by atoms with Crippen molar-refractivity contribution in [3.05, 3.63) is 59.1 Å². The van der Waals surface area contributed by atoms with Gasteiger partial charge in [-0.2, -0.15) is 0 Å². The smallest absolute Gasteiger partial charge is 0.226 e. The van der Waals surface area contributed by atoms with Crippen LogP contribution >= 0.6 is 11.6 Å². The highest BCUT2D eigenvalue weighted by atomic mass is 35.5. The molecule has 7 heteroatoms. The van der Waals surface area contributed by atoms with Gasteiger partial charge in [-0.3, -0.25) is 4.79 Å². The average molecular weight is 419 g/mol. The predicted octanol–water partition coefficient (Wildman–Crippen LogP) is 3.26. The van der Waals surface area contributed by atoms with E-state index in [1.807, 2.05) is 36.4 Å². The van der Waals surface area contributed by atoms with Gasteiger partial charge in [-0.05, 0) is 36.0 Å². The van der Waals surface area contributed by atoms with Crippen molar-refractivity contribution in [1.82, 2.24) is 9.62 Å². The van der Waals surface area contributed by atoms with E-state index in [1.165, 1.54) is 0 Å². The minimum Gasteiger partial charge on any atom is -0.341 e. The molecule has 1 heterocycles. The minimum absolute atomic E-state index is 0.0411. The maximum atomic E-state index is 12.9. The number of rotatable bonds is 5. The summed E-state index contributed by atoms with van der Waals surface area (Å²) in [5.74, 6) is 0.263. The van der Waals surface area contributed by atoms with Crippen LogP contribution in [0.15, 0.2) is 48.5 Å². The summed E-state index contributed by atoms with van der Waals surface area (Å²) in [6, 6.07) is 15.7. The lowest BCUT2D eigenvalue weighted by molar-refractivity contribution is -0.131. The first-order valence-electron chi connectivity index (χ1n) is 9.43. The number of carbonyl (C=O) groups excluding carboxylic acids is 1. The molecule has 2 aliphatic rings. The number of amides is 1. The zero-order valence-electron chi connectivity index (χ0n) is 15.6. The van der Waals surface area contributed by atoms with E-state index in [-0.39, 0.29) is 23.8 Å². The quantitative estimate of drug-likeness (QED) is 0.810. The van der Waals surface area contributed by atoms with Gasteiger partial charge < -0.3 is 4.90 Å². The van der Waals surface area contributed by atoms with Crippen LogP contribution in [0.3, 0.4) is 0 Å². The SMILES string of the molecule is CS(=O)(=O)N[C@H]1CCN(C(=O)[C@@H]2C[C@H]2c2ccccc2-c2ccccc2Cl)C1. The fourth-order valence-electron chi connectivity index (χ4n) is 4.15. The molecule has 28 heavy (non-hydrogen) atoms. The van der Waals surface area contributed by atoms with Crippen molar-refractivity contribution in [2.75, 3.05) is 19.3 Å². The number of hydrogen-bond donors (Lipinski definition) is 1. The van der Waals surface area contributed by atoms with Crippen molar-refractivity contribution in [2.45, 2.75) is 24.8 Å². The van der Waals surface area contributed by atoms with Gasteiger partial charge >= 0.3 is 0 Å². The molecule has 0 spiro atoms. The predicted molar refractivity (Wildman–Crippen MR) is 111 cm³/mol. The molecular formula is C21H23ClN2O3S. The molecule has 0 bridgehead atoms. The molecule has 5 nitrogen and oxygen atoms in total. The molecule has 2 aromatic carbocycles. The summed E-state index contributed by atoms with van der Waals surface area (Å²) in [5.41, 5.74) is 3.21. The third-order valence-electron chi connectivity index (χ3n) is 5.51. The Hall–Kier alpha value is -1.89. The van der Waals surface area contributed by atoms with Gasteiger partial charge in [0, 0.05) is 35.6 Å².